The average molecular weight is 443 g/mol. The van der Waals surface area contributed by atoms with E-state index in [0.717, 1.165) is 54.1 Å². The zero-order chi connectivity index (χ0) is 22.5. The van der Waals surface area contributed by atoms with Gasteiger partial charge in [0.05, 0.1) is 11.9 Å². The summed E-state index contributed by atoms with van der Waals surface area (Å²) in [5.41, 5.74) is 4.33. The van der Waals surface area contributed by atoms with Crippen molar-refractivity contribution in [3.05, 3.63) is 65.4 Å². The van der Waals surface area contributed by atoms with Gasteiger partial charge in [-0.1, -0.05) is 24.3 Å². The van der Waals surface area contributed by atoms with Gasteiger partial charge in [0.25, 0.3) is 0 Å². The molecule has 32 heavy (non-hydrogen) atoms. The van der Waals surface area contributed by atoms with Crippen molar-refractivity contribution in [3.8, 4) is 22.8 Å². The quantitative estimate of drug-likeness (QED) is 0.559. The van der Waals surface area contributed by atoms with Crippen molar-refractivity contribution in [3.63, 3.8) is 0 Å². The maximum absolute atomic E-state index is 12.5. The lowest BCUT2D eigenvalue weighted by Crippen LogP contribution is -2.47. The zero-order valence-electron chi connectivity index (χ0n) is 17.9. The first-order valence-electron chi connectivity index (χ1n) is 10.6. The standard InChI is InChI=1S/C24H24F3N3O2/c1-16-13-17(7-8-20(16)32-24(25,26)27)15-30-11-9-23(10-12-30)19-14-28-29(2)22(19)18-5-3-4-6-21(18)31-23/h3-8,13-14H,9-12,15H2,1-2H3. The van der Waals surface area contributed by atoms with Gasteiger partial charge >= 0.3 is 6.36 Å². The molecule has 0 aliphatic carbocycles. The van der Waals surface area contributed by atoms with E-state index in [4.69, 9.17) is 4.74 Å². The molecule has 0 amide bonds. The van der Waals surface area contributed by atoms with Gasteiger partial charge in [0.15, 0.2) is 0 Å². The van der Waals surface area contributed by atoms with E-state index in [9.17, 15) is 13.2 Å². The molecular weight excluding hydrogens is 419 g/mol. The third kappa shape index (κ3) is 3.72. The largest absolute Gasteiger partial charge is 0.573 e. The number of benzene rings is 2. The normalized spacial score (nSPS) is 17.5. The first-order chi connectivity index (χ1) is 15.2. The van der Waals surface area contributed by atoms with Crippen molar-refractivity contribution in [2.24, 2.45) is 7.05 Å². The van der Waals surface area contributed by atoms with Crippen molar-refractivity contribution in [2.75, 3.05) is 13.1 Å². The second kappa shape index (κ2) is 7.55. The lowest BCUT2D eigenvalue weighted by molar-refractivity contribution is -0.274. The maximum atomic E-state index is 12.5. The van der Waals surface area contributed by atoms with Gasteiger partial charge in [-0.25, -0.2) is 0 Å². The smallest absolute Gasteiger partial charge is 0.482 e. The lowest BCUT2D eigenvalue weighted by atomic mass is 9.81. The number of hydrogen-bond donors (Lipinski definition) is 0. The van der Waals surface area contributed by atoms with Crippen LogP contribution in [-0.2, 0) is 19.2 Å². The van der Waals surface area contributed by atoms with Crippen LogP contribution in [0.4, 0.5) is 13.2 Å². The molecule has 1 aromatic heterocycles. The van der Waals surface area contributed by atoms with Crippen LogP contribution in [0.25, 0.3) is 11.3 Å². The molecule has 0 radical (unpaired) electrons. The van der Waals surface area contributed by atoms with Gasteiger partial charge in [-0.2, -0.15) is 5.10 Å². The Balaban J connectivity index is 1.31. The van der Waals surface area contributed by atoms with E-state index >= 15 is 0 Å². The van der Waals surface area contributed by atoms with E-state index < -0.39 is 12.0 Å². The summed E-state index contributed by atoms with van der Waals surface area (Å²) in [5, 5.41) is 4.51. The first kappa shape index (κ1) is 20.9. The Morgan fingerprint density at radius 1 is 1.12 bits per heavy atom. The molecule has 5 rings (SSSR count). The van der Waals surface area contributed by atoms with E-state index in [1.54, 1.807) is 19.1 Å². The first-order valence-corrected chi connectivity index (χ1v) is 10.6. The Kier molecular flexibility index (Phi) is 4.93. The number of likely N-dealkylation sites (tertiary alicyclic amines) is 1. The fourth-order valence-electron chi connectivity index (χ4n) is 4.86. The summed E-state index contributed by atoms with van der Waals surface area (Å²) in [7, 11) is 1.96. The number of aryl methyl sites for hydroxylation is 2. The molecule has 0 saturated carbocycles. The lowest BCUT2D eigenvalue weighted by Gasteiger charge is -2.44. The zero-order valence-corrected chi connectivity index (χ0v) is 17.9. The Labute approximate surface area is 184 Å². The second-order valence-electron chi connectivity index (χ2n) is 8.55. The fraction of sp³-hybridized carbons (Fsp3) is 0.375. The minimum Gasteiger partial charge on any atom is -0.482 e. The summed E-state index contributed by atoms with van der Waals surface area (Å²) in [6, 6.07) is 12.9. The molecule has 3 heterocycles. The molecule has 5 nitrogen and oxygen atoms in total. The number of hydrogen-bond acceptors (Lipinski definition) is 4. The van der Waals surface area contributed by atoms with Crippen molar-refractivity contribution in [2.45, 2.75) is 38.3 Å². The highest BCUT2D eigenvalue weighted by Gasteiger charge is 2.45. The minimum absolute atomic E-state index is 0.155. The number of alkyl halides is 3. The van der Waals surface area contributed by atoms with Gasteiger partial charge in [0.1, 0.15) is 17.1 Å². The maximum Gasteiger partial charge on any atom is 0.573 e. The second-order valence-corrected chi connectivity index (χ2v) is 8.55. The molecule has 1 fully saturated rings. The summed E-state index contributed by atoms with van der Waals surface area (Å²) in [4.78, 5) is 2.31. The van der Waals surface area contributed by atoms with Crippen LogP contribution in [0, 0.1) is 6.92 Å². The molecule has 2 aliphatic heterocycles. The van der Waals surface area contributed by atoms with Gasteiger partial charge in [-0.3, -0.25) is 9.58 Å². The molecule has 0 bridgehead atoms. The number of aromatic nitrogens is 2. The number of piperidine rings is 1. The summed E-state index contributed by atoms with van der Waals surface area (Å²) >= 11 is 0. The summed E-state index contributed by atoms with van der Waals surface area (Å²) in [6.07, 6.45) is -1.14. The Bertz CT molecular complexity index is 1150. The van der Waals surface area contributed by atoms with Crippen molar-refractivity contribution in [1.82, 2.24) is 14.7 Å². The monoisotopic (exact) mass is 443 g/mol. The van der Waals surface area contributed by atoms with Gasteiger partial charge in [0, 0.05) is 50.7 Å². The predicted molar refractivity (Wildman–Crippen MR) is 113 cm³/mol. The van der Waals surface area contributed by atoms with Crippen LogP contribution in [0.3, 0.4) is 0 Å². The molecule has 2 aliphatic rings. The fourth-order valence-corrected chi connectivity index (χ4v) is 4.86. The van der Waals surface area contributed by atoms with Crippen molar-refractivity contribution >= 4 is 0 Å². The highest BCUT2D eigenvalue weighted by Crippen LogP contribution is 2.49. The minimum atomic E-state index is -4.68. The third-order valence-electron chi connectivity index (χ3n) is 6.41. The SMILES string of the molecule is Cc1cc(CN2CCC3(CC2)Oc2ccccc2-c2c3cnn2C)ccc1OC(F)(F)F. The van der Waals surface area contributed by atoms with E-state index in [2.05, 4.69) is 20.8 Å². The van der Waals surface area contributed by atoms with E-state index in [-0.39, 0.29) is 5.75 Å². The number of ether oxygens (including phenoxy) is 2. The van der Waals surface area contributed by atoms with E-state index in [1.165, 1.54) is 6.07 Å². The molecule has 0 unspecified atom stereocenters. The van der Waals surface area contributed by atoms with Gasteiger partial charge in [-0.15, -0.1) is 13.2 Å². The number of nitrogens with zero attached hydrogens (tertiary/aromatic N) is 3. The molecule has 0 N–H and O–H groups in total. The van der Waals surface area contributed by atoms with Crippen LogP contribution in [0.5, 0.6) is 11.5 Å². The van der Waals surface area contributed by atoms with Gasteiger partial charge < -0.3 is 9.47 Å². The average Bonchev–Trinajstić information content (AvgIpc) is 3.14. The molecule has 1 saturated heterocycles. The number of halogens is 3. The highest BCUT2D eigenvalue weighted by atomic mass is 19.4. The molecule has 0 atom stereocenters. The Hall–Kier alpha value is -3.00. The molecular formula is C24H24F3N3O2. The highest BCUT2D eigenvalue weighted by molar-refractivity contribution is 5.73. The number of rotatable bonds is 3. The van der Waals surface area contributed by atoms with Crippen molar-refractivity contribution < 1.29 is 22.6 Å². The predicted octanol–water partition coefficient (Wildman–Crippen LogP) is 5.18. The van der Waals surface area contributed by atoms with Crippen LogP contribution < -0.4 is 9.47 Å². The molecule has 2 aromatic carbocycles. The van der Waals surface area contributed by atoms with Crippen molar-refractivity contribution in [1.29, 1.82) is 0 Å². The summed E-state index contributed by atoms with van der Waals surface area (Å²) in [5.74, 6) is 0.727. The van der Waals surface area contributed by atoms with Gasteiger partial charge in [-0.05, 0) is 36.2 Å². The third-order valence-corrected chi connectivity index (χ3v) is 6.41. The molecule has 8 heteroatoms. The van der Waals surface area contributed by atoms with Crippen LogP contribution in [0.2, 0.25) is 0 Å². The summed E-state index contributed by atoms with van der Waals surface area (Å²) < 4.78 is 50.1. The van der Waals surface area contributed by atoms with Crippen LogP contribution >= 0.6 is 0 Å². The van der Waals surface area contributed by atoms with E-state index in [1.807, 2.05) is 36.1 Å². The number of para-hydroxylation sites is 1. The number of fused-ring (bicyclic) bond motifs is 4. The van der Waals surface area contributed by atoms with Crippen LogP contribution in [0.15, 0.2) is 48.7 Å². The van der Waals surface area contributed by atoms with E-state index in [0.29, 0.717) is 12.1 Å². The Morgan fingerprint density at radius 2 is 1.88 bits per heavy atom. The molecule has 3 aromatic rings. The van der Waals surface area contributed by atoms with Gasteiger partial charge in [0.2, 0.25) is 0 Å². The Morgan fingerprint density at radius 3 is 2.59 bits per heavy atom. The van der Waals surface area contributed by atoms with Crippen LogP contribution in [-0.4, -0.2) is 34.1 Å². The topological polar surface area (TPSA) is 39.5 Å². The van der Waals surface area contributed by atoms with Crippen LogP contribution in [0.1, 0.15) is 29.5 Å². The summed E-state index contributed by atoms with van der Waals surface area (Å²) in [6.45, 7) is 3.93. The molecule has 168 valence electrons. The molecule has 1 spiro atoms.